The van der Waals surface area contributed by atoms with Crippen molar-refractivity contribution in [1.29, 1.82) is 0 Å². The second-order valence-corrected chi connectivity index (χ2v) is 9.17. The van der Waals surface area contributed by atoms with Gasteiger partial charge in [0.15, 0.2) is 16.6 Å². The minimum atomic E-state index is 0.663. The molecule has 7 nitrogen and oxygen atoms in total. The van der Waals surface area contributed by atoms with Crippen LogP contribution in [-0.4, -0.2) is 54.0 Å². The fourth-order valence-corrected chi connectivity index (χ4v) is 5.08. The van der Waals surface area contributed by atoms with Crippen molar-refractivity contribution < 1.29 is 9.47 Å². The third kappa shape index (κ3) is 5.19. The molecule has 1 aliphatic rings. The molecular weight excluding hydrogens is 410 g/mol. The Kier molecular flexibility index (Phi) is 6.77. The minimum Gasteiger partial charge on any atom is -0.493 e. The van der Waals surface area contributed by atoms with Crippen LogP contribution < -0.4 is 14.8 Å². The van der Waals surface area contributed by atoms with Crippen molar-refractivity contribution in [3.05, 3.63) is 41.7 Å². The number of piperidine rings is 1. The highest BCUT2D eigenvalue weighted by atomic mass is 32.1. The zero-order chi connectivity index (χ0) is 21.8. The first-order valence-corrected chi connectivity index (χ1v) is 11.5. The number of hydrogen-bond acceptors (Lipinski definition) is 7. The maximum absolute atomic E-state index is 5.39. The van der Waals surface area contributed by atoms with Gasteiger partial charge in [0.1, 0.15) is 5.69 Å². The summed E-state index contributed by atoms with van der Waals surface area (Å²) in [4.78, 5) is 8.25. The summed E-state index contributed by atoms with van der Waals surface area (Å²) in [6.07, 6.45) is 4.65. The SMILES string of the molecule is COc1ccc(CNc2nc(C)c(-c3ccn(C[C@@H]4CCCN(C)C4)n3)s2)cc1OC. The number of anilines is 1. The molecule has 2 aromatic heterocycles. The Bertz CT molecular complexity index is 1020. The average molecular weight is 442 g/mol. The molecule has 1 aromatic carbocycles. The summed E-state index contributed by atoms with van der Waals surface area (Å²) >= 11 is 1.65. The van der Waals surface area contributed by atoms with E-state index < -0.39 is 0 Å². The molecule has 166 valence electrons. The number of ether oxygens (including phenoxy) is 2. The number of methoxy groups -OCH3 is 2. The lowest BCUT2D eigenvalue weighted by Gasteiger charge is -2.29. The van der Waals surface area contributed by atoms with Crippen LogP contribution in [0.1, 0.15) is 24.1 Å². The fraction of sp³-hybridized carbons (Fsp3) is 0.478. The fourth-order valence-electron chi connectivity index (χ4n) is 4.15. The van der Waals surface area contributed by atoms with Crippen LogP contribution in [-0.2, 0) is 13.1 Å². The molecule has 1 saturated heterocycles. The van der Waals surface area contributed by atoms with Crippen LogP contribution in [0.3, 0.4) is 0 Å². The van der Waals surface area contributed by atoms with E-state index in [1.807, 2.05) is 25.1 Å². The van der Waals surface area contributed by atoms with E-state index in [0.29, 0.717) is 12.5 Å². The molecule has 1 N–H and O–H groups in total. The summed E-state index contributed by atoms with van der Waals surface area (Å²) in [5.41, 5.74) is 3.11. The number of thiazole rings is 1. The van der Waals surface area contributed by atoms with Gasteiger partial charge in [-0.05, 0) is 63.0 Å². The Morgan fingerprint density at radius 2 is 2.03 bits per heavy atom. The Balaban J connectivity index is 1.40. The van der Waals surface area contributed by atoms with Gasteiger partial charge in [-0.2, -0.15) is 5.10 Å². The summed E-state index contributed by atoms with van der Waals surface area (Å²) in [5, 5.41) is 9.17. The monoisotopic (exact) mass is 441 g/mol. The van der Waals surface area contributed by atoms with Crippen molar-refractivity contribution in [2.45, 2.75) is 32.9 Å². The third-order valence-electron chi connectivity index (χ3n) is 5.73. The van der Waals surface area contributed by atoms with E-state index in [2.05, 4.69) is 34.2 Å². The van der Waals surface area contributed by atoms with Crippen LogP contribution in [0.4, 0.5) is 5.13 Å². The molecule has 0 saturated carbocycles. The minimum absolute atomic E-state index is 0.663. The van der Waals surface area contributed by atoms with Gasteiger partial charge in [-0.25, -0.2) is 4.98 Å². The maximum Gasteiger partial charge on any atom is 0.183 e. The average Bonchev–Trinajstić information content (AvgIpc) is 3.38. The number of benzene rings is 1. The molecule has 0 radical (unpaired) electrons. The van der Waals surface area contributed by atoms with Gasteiger partial charge in [-0.15, -0.1) is 0 Å². The smallest absolute Gasteiger partial charge is 0.183 e. The van der Waals surface area contributed by atoms with Crippen LogP contribution in [0, 0.1) is 12.8 Å². The number of aryl methyl sites for hydroxylation is 1. The van der Waals surface area contributed by atoms with Crippen molar-refractivity contribution >= 4 is 16.5 Å². The molecule has 4 rings (SSSR count). The first-order chi connectivity index (χ1) is 15.1. The Labute approximate surface area is 188 Å². The molecular formula is C23H31N5O2S. The highest BCUT2D eigenvalue weighted by molar-refractivity contribution is 7.19. The zero-order valence-electron chi connectivity index (χ0n) is 18.7. The van der Waals surface area contributed by atoms with Gasteiger partial charge >= 0.3 is 0 Å². The molecule has 3 aromatic rings. The van der Waals surface area contributed by atoms with Crippen LogP contribution in [0.5, 0.6) is 11.5 Å². The van der Waals surface area contributed by atoms with Crippen LogP contribution in [0.25, 0.3) is 10.6 Å². The number of nitrogens with zero attached hydrogens (tertiary/aromatic N) is 4. The van der Waals surface area contributed by atoms with Crippen molar-refractivity contribution in [1.82, 2.24) is 19.7 Å². The van der Waals surface area contributed by atoms with Crippen LogP contribution in [0.2, 0.25) is 0 Å². The van der Waals surface area contributed by atoms with Crippen molar-refractivity contribution in [2.75, 3.05) is 39.7 Å². The second kappa shape index (κ2) is 9.70. The van der Waals surface area contributed by atoms with E-state index in [1.54, 1.807) is 25.6 Å². The highest BCUT2D eigenvalue weighted by Crippen LogP contribution is 2.33. The Morgan fingerprint density at radius 1 is 1.19 bits per heavy atom. The van der Waals surface area contributed by atoms with Gasteiger partial charge in [-0.1, -0.05) is 17.4 Å². The molecule has 0 unspecified atom stereocenters. The van der Waals surface area contributed by atoms with Gasteiger partial charge in [0.2, 0.25) is 0 Å². The van der Waals surface area contributed by atoms with Gasteiger partial charge in [0.05, 0.1) is 24.8 Å². The summed E-state index contributed by atoms with van der Waals surface area (Å²) in [7, 11) is 5.50. The number of hydrogen-bond donors (Lipinski definition) is 1. The predicted molar refractivity (Wildman–Crippen MR) is 125 cm³/mol. The molecule has 31 heavy (non-hydrogen) atoms. The second-order valence-electron chi connectivity index (χ2n) is 8.17. The largest absolute Gasteiger partial charge is 0.493 e. The molecule has 8 heteroatoms. The van der Waals surface area contributed by atoms with Gasteiger partial charge in [-0.3, -0.25) is 4.68 Å². The van der Waals surface area contributed by atoms with Crippen molar-refractivity contribution in [3.63, 3.8) is 0 Å². The molecule has 1 atom stereocenters. The summed E-state index contributed by atoms with van der Waals surface area (Å²) < 4.78 is 12.8. The number of aromatic nitrogens is 3. The van der Waals surface area contributed by atoms with Crippen molar-refractivity contribution in [3.8, 4) is 22.1 Å². The normalized spacial score (nSPS) is 17.0. The third-order valence-corrected chi connectivity index (χ3v) is 6.87. The van der Waals surface area contributed by atoms with Gasteiger partial charge in [0, 0.05) is 25.8 Å². The number of likely N-dealkylation sites (tertiary alicyclic amines) is 1. The lowest BCUT2D eigenvalue weighted by molar-refractivity contribution is 0.191. The maximum atomic E-state index is 5.39. The van der Waals surface area contributed by atoms with E-state index in [9.17, 15) is 0 Å². The topological polar surface area (TPSA) is 64.4 Å². The standard InChI is InChI=1S/C23H31N5O2S/c1-16-22(19-9-11-28(26-19)15-18-6-5-10-27(2)14-18)31-23(25-16)24-13-17-7-8-20(29-3)21(12-17)30-4/h7-9,11-12,18H,5-6,10,13-15H2,1-4H3,(H,24,25)/t18-/m1/s1. The predicted octanol–water partition coefficient (Wildman–Crippen LogP) is 4.29. The van der Waals surface area contributed by atoms with E-state index in [4.69, 9.17) is 19.6 Å². The van der Waals surface area contributed by atoms with Crippen molar-refractivity contribution in [2.24, 2.45) is 5.92 Å². The zero-order valence-corrected chi connectivity index (χ0v) is 19.5. The highest BCUT2D eigenvalue weighted by Gasteiger charge is 2.19. The summed E-state index contributed by atoms with van der Waals surface area (Å²) in [5.74, 6) is 2.13. The summed E-state index contributed by atoms with van der Waals surface area (Å²) in [6.45, 7) is 6.05. The first kappa shape index (κ1) is 21.6. The molecule has 0 amide bonds. The van der Waals surface area contributed by atoms with Crippen LogP contribution in [0.15, 0.2) is 30.5 Å². The van der Waals surface area contributed by atoms with E-state index in [1.165, 1.54) is 19.4 Å². The van der Waals surface area contributed by atoms with Gasteiger partial charge in [0.25, 0.3) is 0 Å². The lowest BCUT2D eigenvalue weighted by Crippen LogP contribution is -2.34. The van der Waals surface area contributed by atoms with E-state index in [-0.39, 0.29) is 0 Å². The number of nitrogens with one attached hydrogen (secondary N) is 1. The molecule has 1 fully saturated rings. The summed E-state index contributed by atoms with van der Waals surface area (Å²) in [6, 6.07) is 8.04. The quantitative estimate of drug-likeness (QED) is 0.563. The van der Waals surface area contributed by atoms with E-state index in [0.717, 1.165) is 51.5 Å². The molecule has 0 bridgehead atoms. The lowest BCUT2D eigenvalue weighted by atomic mass is 9.99. The van der Waals surface area contributed by atoms with E-state index >= 15 is 0 Å². The molecule has 0 aliphatic carbocycles. The molecule has 0 spiro atoms. The Hall–Kier alpha value is -2.58. The number of rotatable bonds is 8. The molecule has 1 aliphatic heterocycles. The molecule has 3 heterocycles. The Morgan fingerprint density at radius 3 is 2.81 bits per heavy atom. The van der Waals surface area contributed by atoms with Crippen LogP contribution >= 0.6 is 11.3 Å². The first-order valence-electron chi connectivity index (χ1n) is 10.7. The van der Waals surface area contributed by atoms with Gasteiger partial charge < -0.3 is 19.7 Å².